The van der Waals surface area contributed by atoms with E-state index in [1.165, 1.54) is 23.1 Å². The molecule has 0 aliphatic rings. The van der Waals surface area contributed by atoms with E-state index in [-0.39, 0.29) is 32.7 Å². The molecule has 2 aromatic rings. The van der Waals surface area contributed by atoms with Crippen LogP contribution >= 0.6 is 23.2 Å². The molecular weight excluding hydrogens is 332 g/mol. The van der Waals surface area contributed by atoms with Crippen molar-refractivity contribution in [2.24, 2.45) is 0 Å². The van der Waals surface area contributed by atoms with E-state index in [1.807, 2.05) is 0 Å². The van der Waals surface area contributed by atoms with E-state index in [1.54, 1.807) is 14.1 Å². The van der Waals surface area contributed by atoms with Crippen LogP contribution in [0.5, 0.6) is 0 Å². The Kier molecular flexibility index (Phi) is 4.44. The number of hydrogen-bond donors (Lipinski definition) is 2. The third-order valence-corrected chi connectivity index (χ3v) is 3.68. The zero-order valence-electron chi connectivity index (χ0n) is 11.7. The number of nitrogens with two attached hydrogens (primary N) is 1. The lowest BCUT2D eigenvalue weighted by atomic mass is 10.1. The fourth-order valence-corrected chi connectivity index (χ4v) is 2.47. The summed E-state index contributed by atoms with van der Waals surface area (Å²) < 4.78 is 14.6. The van der Waals surface area contributed by atoms with Gasteiger partial charge in [-0.3, -0.25) is 0 Å². The Morgan fingerprint density at radius 3 is 2.55 bits per heavy atom. The molecule has 3 N–H and O–H groups in total. The minimum Gasteiger partial charge on any atom is -0.476 e. The van der Waals surface area contributed by atoms with Gasteiger partial charge >= 0.3 is 5.97 Å². The number of carbonyl (C=O) groups is 1. The lowest BCUT2D eigenvalue weighted by Gasteiger charge is -2.17. The number of hydrogen-bond acceptors (Lipinski definition) is 4. The van der Waals surface area contributed by atoms with Crippen LogP contribution in [0.1, 0.15) is 10.5 Å². The number of benzene rings is 1. The number of aromatic carboxylic acids is 1. The van der Waals surface area contributed by atoms with Crippen LogP contribution in [0.15, 0.2) is 18.2 Å². The molecule has 0 aliphatic carbocycles. The van der Waals surface area contributed by atoms with Crippen LogP contribution in [0.25, 0.3) is 11.3 Å². The molecule has 0 atom stereocenters. The fraction of sp³-hybridized carbons (Fsp3) is 0.143. The smallest absolute Gasteiger partial charge is 0.356 e. The van der Waals surface area contributed by atoms with Gasteiger partial charge in [0.1, 0.15) is 0 Å². The number of aromatic nitrogens is 1. The van der Waals surface area contributed by atoms with Gasteiger partial charge in [0.05, 0.1) is 27.1 Å². The van der Waals surface area contributed by atoms with Crippen LogP contribution in [0.3, 0.4) is 0 Å². The first-order valence-corrected chi connectivity index (χ1v) is 6.84. The highest BCUT2D eigenvalue weighted by Gasteiger charge is 2.20. The standard InChI is InChI=1S/C14H12Cl2FN3O2/c1-20(2)13-7(15)4-3-6(11(13)17)9-5-8(18)10(16)12(19-9)14(21)22/h3-5H,1-2H3,(H2,18,19)(H,21,22). The maximum atomic E-state index is 14.6. The van der Waals surface area contributed by atoms with Crippen molar-refractivity contribution in [3.8, 4) is 11.3 Å². The van der Waals surface area contributed by atoms with Crippen molar-refractivity contribution in [3.63, 3.8) is 0 Å². The molecular formula is C14H12Cl2FN3O2. The fourth-order valence-electron chi connectivity index (χ4n) is 1.98. The maximum absolute atomic E-state index is 14.6. The zero-order chi connectivity index (χ0) is 16.6. The topological polar surface area (TPSA) is 79.5 Å². The second kappa shape index (κ2) is 5.98. The number of anilines is 2. The first kappa shape index (κ1) is 16.3. The van der Waals surface area contributed by atoms with Crippen LogP contribution in [0.4, 0.5) is 15.8 Å². The van der Waals surface area contributed by atoms with Crippen molar-refractivity contribution in [3.05, 3.63) is 39.8 Å². The molecule has 1 aromatic heterocycles. The van der Waals surface area contributed by atoms with E-state index in [2.05, 4.69) is 4.98 Å². The molecule has 0 aliphatic heterocycles. The highest BCUT2D eigenvalue weighted by molar-refractivity contribution is 6.35. The third kappa shape index (κ3) is 2.80. The Morgan fingerprint density at radius 1 is 1.36 bits per heavy atom. The molecule has 0 saturated carbocycles. The van der Waals surface area contributed by atoms with Crippen molar-refractivity contribution in [2.75, 3.05) is 24.7 Å². The molecule has 2 rings (SSSR count). The zero-order valence-corrected chi connectivity index (χ0v) is 13.2. The summed E-state index contributed by atoms with van der Waals surface area (Å²) in [5, 5.41) is 9.14. The van der Waals surface area contributed by atoms with Gasteiger partial charge in [-0.1, -0.05) is 23.2 Å². The number of halogens is 3. The Balaban J connectivity index is 2.73. The van der Waals surface area contributed by atoms with Crippen LogP contribution in [0, 0.1) is 5.82 Å². The first-order chi connectivity index (χ1) is 10.2. The second-order valence-corrected chi connectivity index (χ2v) is 5.50. The van der Waals surface area contributed by atoms with Gasteiger partial charge in [-0.05, 0) is 18.2 Å². The second-order valence-electron chi connectivity index (χ2n) is 4.72. The first-order valence-electron chi connectivity index (χ1n) is 6.09. The minimum absolute atomic E-state index is 0.00446. The number of nitrogens with zero attached hydrogens (tertiary/aromatic N) is 2. The van der Waals surface area contributed by atoms with Gasteiger partial charge < -0.3 is 15.7 Å². The molecule has 0 fully saturated rings. The maximum Gasteiger partial charge on any atom is 0.356 e. The predicted molar refractivity (Wildman–Crippen MR) is 85.3 cm³/mol. The van der Waals surface area contributed by atoms with Crippen LogP contribution in [-0.4, -0.2) is 30.2 Å². The van der Waals surface area contributed by atoms with Gasteiger partial charge in [0, 0.05) is 19.7 Å². The third-order valence-electron chi connectivity index (χ3n) is 2.98. The molecule has 1 heterocycles. The lowest BCUT2D eigenvalue weighted by Crippen LogP contribution is -2.12. The summed E-state index contributed by atoms with van der Waals surface area (Å²) in [5.74, 6) is -1.97. The summed E-state index contributed by atoms with van der Waals surface area (Å²) >= 11 is 11.8. The summed E-state index contributed by atoms with van der Waals surface area (Å²) in [5.41, 5.74) is 5.57. The van der Waals surface area contributed by atoms with Crippen LogP contribution in [-0.2, 0) is 0 Å². The van der Waals surface area contributed by atoms with Gasteiger partial charge in [0.25, 0.3) is 0 Å². The normalized spacial score (nSPS) is 10.6. The molecule has 116 valence electrons. The molecule has 22 heavy (non-hydrogen) atoms. The molecule has 0 saturated heterocycles. The average Bonchev–Trinajstić information content (AvgIpc) is 2.41. The average molecular weight is 344 g/mol. The number of carboxylic acid groups (broad SMARTS) is 1. The monoisotopic (exact) mass is 343 g/mol. The molecule has 0 radical (unpaired) electrons. The number of rotatable bonds is 3. The molecule has 5 nitrogen and oxygen atoms in total. The quantitative estimate of drug-likeness (QED) is 0.890. The van der Waals surface area contributed by atoms with E-state index < -0.39 is 17.5 Å². The predicted octanol–water partition coefficient (Wildman–Crippen LogP) is 3.54. The summed E-state index contributed by atoms with van der Waals surface area (Å²) in [6.07, 6.45) is 0. The molecule has 0 unspecified atom stereocenters. The van der Waals surface area contributed by atoms with E-state index in [0.29, 0.717) is 0 Å². The number of carboxylic acids is 1. The Morgan fingerprint density at radius 2 is 2.00 bits per heavy atom. The van der Waals surface area contributed by atoms with E-state index in [0.717, 1.165) is 0 Å². The van der Waals surface area contributed by atoms with Gasteiger partial charge in [-0.15, -0.1) is 0 Å². The summed E-state index contributed by atoms with van der Waals surface area (Å²) in [6, 6.07) is 4.23. The van der Waals surface area contributed by atoms with Gasteiger partial charge in [-0.2, -0.15) is 0 Å². The minimum atomic E-state index is -1.35. The van der Waals surface area contributed by atoms with Crippen molar-refractivity contribution in [1.82, 2.24) is 4.98 Å². The molecule has 0 amide bonds. The van der Waals surface area contributed by atoms with Crippen LogP contribution < -0.4 is 10.6 Å². The largest absolute Gasteiger partial charge is 0.476 e. The van der Waals surface area contributed by atoms with Gasteiger partial charge in [-0.25, -0.2) is 14.2 Å². The van der Waals surface area contributed by atoms with Crippen molar-refractivity contribution < 1.29 is 14.3 Å². The van der Waals surface area contributed by atoms with Crippen molar-refractivity contribution in [2.45, 2.75) is 0 Å². The Labute approximate surface area is 136 Å². The molecule has 0 spiro atoms. The van der Waals surface area contributed by atoms with Gasteiger partial charge in [0.15, 0.2) is 11.5 Å². The summed E-state index contributed by atoms with van der Waals surface area (Å²) in [6.45, 7) is 0. The van der Waals surface area contributed by atoms with E-state index in [9.17, 15) is 9.18 Å². The van der Waals surface area contributed by atoms with Crippen molar-refractivity contribution in [1.29, 1.82) is 0 Å². The summed E-state index contributed by atoms with van der Waals surface area (Å²) in [4.78, 5) is 16.5. The SMILES string of the molecule is CN(C)c1c(Cl)ccc(-c2cc(N)c(Cl)c(C(=O)O)n2)c1F. The summed E-state index contributed by atoms with van der Waals surface area (Å²) in [7, 11) is 3.28. The van der Waals surface area contributed by atoms with E-state index >= 15 is 0 Å². The van der Waals surface area contributed by atoms with Gasteiger partial charge in [0.2, 0.25) is 0 Å². The number of pyridine rings is 1. The molecule has 8 heteroatoms. The highest BCUT2D eigenvalue weighted by atomic mass is 35.5. The Hall–Kier alpha value is -2.05. The Bertz CT molecular complexity index is 766. The molecule has 1 aromatic carbocycles. The van der Waals surface area contributed by atoms with Crippen molar-refractivity contribution >= 4 is 40.5 Å². The number of nitrogen functional groups attached to an aromatic ring is 1. The lowest BCUT2D eigenvalue weighted by molar-refractivity contribution is 0.0691. The van der Waals surface area contributed by atoms with E-state index in [4.69, 9.17) is 34.0 Å². The highest BCUT2D eigenvalue weighted by Crippen LogP contribution is 2.36. The van der Waals surface area contributed by atoms with Crippen LogP contribution in [0.2, 0.25) is 10.0 Å². The molecule has 0 bridgehead atoms.